The highest BCUT2D eigenvalue weighted by Crippen LogP contribution is 2.09. The number of nitrogens with zero attached hydrogens (tertiary/aromatic N) is 1. The van der Waals surface area contributed by atoms with Gasteiger partial charge in [-0.2, -0.15) is 0 Å². The fourth-order valence-electron chi connectivity index (χ4n) is 1.43. The summed E-state index contributed by atoms with van der Waals surface area (Å²) < 4.78 is 0. The van der Waals surface area contributed by atoms with Crippen molar-refractivity contribution in [2.24, 2.45) is 0 Å². The monoisotopic (exact) mass is 156 g/mol. The van der Waals surface area contributed by atoms with Gasteiger partial charge in [-0.25, -0.2) is 0 Å². The molecule has 1 N–H and O–H groups in total. The first-order valence-electron chi connectivity index (χ1n) is 4.13. The van der Waals surface area contributed by atoms with Crippen LogP contribution in [0.1, 0.15) is 19.3 Å². The van der Waals surface area contributed by atoms with Gasteiger partial charge < -0.3 is 10.2 Å². The second kappa shape index (κ2) is 3.72. The van der Waals surface area contributed by atoms with Crippen LogP contribution in [-0.2, 0) is 4.79 Å². The lowest BCUT2D eigenvalue weighted by Crippen LogP contribution is -2.28. The molecule has 1 rings (SSSR count). The zero-order chi connectivity index (χ0) is 8.27. The number of carbonyl (C=O) groups excluding carboxylic acids is 1. The van der Waals surface area contributed by atoms with Crippen LogP contribution >= 0.6 is 0 Å². The predicted molar refractivity (Wildman–Crippen MR) is 44.3 cm³/mol. The number of hydrogen-bond donors (Lipinski definition) is 1. The Bertz CT molecular complexity index is 145. The Kier molecular flexibility index (Phi) is 2.88. The summed E-state index contributed by atoms with van der Waals surface area (Å²) in [5.41, 5.74) is 0. The fraction of sp³-hybridized carbons (Fsp3) is 0.875. The zero-order valence-corrected chi connectivity index (χ0v) is 7.26. The number of rotatable bonds is 1. The van der Waals surface area contributed by atoms with Crippen LogP contribution in [0.5, 0.6) is 0 Å². The quantitative estimate of drug-likeness (QED) is 0.589. The summed E-state index contributed by atoms with van der Waals surface area (Å²) in [7, 11) is 4.14. The molecule has 11 heavy (non-hydrogen) atoms. The third-order valence-corrected chi connectivity index (χ3v) is 2.23. The van der Waals surface area contributed by atoms with Gasteiger partial charge in [-0.05, 0) is 26.9 Å². The highest BCUT2D eigenvalue weighted by molar-refractivity contribution is 5.76. The van der Waals surface area contributed by atoms with Gasteiger partial charge in [0.15, 0.2) is 0 Å². The molecule has 1 heterocycles. The molecule has 1 unspecified atom stereocenters. The van der Waals surface area contributed by atoms with E-state index in [1.165, 1.54) is 0 Å². The Hall–Kier alpha value is -0.570. The van der Waals surface area contributed by atoms with E-state index in [1.54, 1.807) is 0 Å². The second-order valence-corrected chi connectivity index (χ2v) is 3.29. The maximum atomic E-state index is 10.9. The van der Waals surface area contributed by atoms with Gasteiger partial charge in [-0.3, -0.25) is 4.79 Å². The van der Waals surface area contributed by atoms with E-state index in [9.17, 15) is 4.79 Å². The van der Waals surface area contributed by atoms with Crippen molar-refractivity contribution < 1.29 is 4.79 Å². The standard InChI is InChI=1S/C8H16N2O/c1-10(2)7-3-4-8(11)9-6-5-7/h7H,3-6H2,1-2H3,(H,9,11). The first-order chi connectivity index (χ1) is 5.20. The van der Waals surface area contributed by atoms with E-state index in [-0.39, 0.29) is 5.91 Å². The molecule has 1 aliphatic heterocycles. The maximum absolute atomic E-state index is 10.9. The third-order valence-electron chi connectivity index (χ3n) is 2.23. The van der Waals surface area contributed by atoms with E-state index in [1.807, 2.05) is 0 Å². The molecule has 0 saturated carbocycles. The summed E-state index contributed by atoms with van der Waals surface area (Å²) in [4.78, 5) is 13.1. The first kappa shape index (κ1) is 8.53. The molecular weight excluding hydrogens is 140 g/mol. The molecule has 1 amide bonds. The van der Waals surface area contributed by atoms with Crippen molar-refractivity contribution in [1.82, 2.24) is 10.2 Å². The molecule has 1 atom stereocenters. The summed E-state index contributed by atoms with van der Waals surface area (Å²) in [5, 5.41) is 2.86. The molecule has 0 spiro atoms. The molecule has 1 saturated heterocycles. The molecular formula is C8H16N2O. The van der Waals surface area contributed by atoms with E-state index in [0.717, 1.165) is 19.4 Å². The molecule has 0 aromatic heterocycles. The van der Waals surface area contributed by atoms with Crippen molar-refractivity contribution >= 4 is 5.91 Å². The van der Waals surface area contributed by atoms with Crippen molar-refractivity contribution in [1.29, 1.82) is 0 Å². The van der Waals surface area contributed by atoms with Gasteiger partial charge in [-0.15, -0.1) is 0 Å². The van der Waals surface area contributed by atoms with Gasteiger partial charge in [0.05, 0.1) is 0 Å². The smallest absolute Gasteiger partial charge is 0.220 e. The van der Waals surface area contributed by atoms with Gasteiger partial charge in [0.2, 0.25) is 5.91 Å². The van der Waals surface area contributed by atoms with Crippen LogP contribution in [-0.4, -0.2) is 37.5 Å². The normalized spacial score (nSPS) is 26.5. The number of carbonyl (C=O) groups is 1. The number of amides is 1. The van der Waals surface area contributed by atoms with E-state index in [4.69, 9.17) is 0 Å². The molecule has 64 valence electrons. The summed E-state index contributed by atoms with van der Waals surface area (Å²) in [6.07, 6.45) is 2.76. The van der Waals surface area contributed by atoms with Crippen molar-refractivity contribution in [3.63, 3.8) is 0 Å². The highest BCUT2D eigenvalue weighted by atomic mass is 16.1. The molecule has 3 heteroatoms. The summed E-state index contributed by atoms with van der Waals surface area (Å²) in [6.45, 7) is 0.835. The Balaban J connectivity index is 2.40. The van der Waals surface area contributed by atoms with E-state index in [2.05, 4.69) is 24.3 Å². The minimum atomic E-state index is 0.203. The first-order valence-corrected chi connectivity index (χ1v) is 4.13. The van der Waals surface area contributed by atoms with Gasteiger partial charge in [0.1, 0.15) is 0 Å². The Morgan fingerprint density at radius 2 is 2.18 bits per heavy atom. The van der Waals surface area contributed by atoms with Crippen LogP contribution < -0.4 is 5.32 Å². The van der Waals surface area contributed by atoms with Crippen molar-refractivity contribution in [2.75, 3.05) is 20.6 Å². The van der Waals surface area contributed by atoms with Crippen LogP contribution in [0.3, 0.4) is 0 Å². The topological polar surface area (TPSA) is 32.3 Å². The Labute approximate surface area is 67.8 Å². The minimum absolute atomic E-state index is 0.203. The minimum Gasteiger partial charge on any atom is -0.356 e. The van der Waals surface area contributed by atoms with E-state index in [0.29, 0.717) is 12.5 Å². The lowest BCUT2D eigenvalue weighted by Gasteiger charge is -2.21. The maximum Gasteiger partial charge on any atom is 0.220 e. The molecule has 1 aliphatic rings. The van der Waals surface area contributed by atoms with Crippen LogP contribution in [0, 0.1) is 0 Å². The molecule has 0 bridgehead atoms. The van der Waals surface area contributed by atoms with Gasteiger partial charge >= 0.3 is 0 Å². The van der Waals surface area contributed by atoms with E-state index >= 15 is 0 Å². The Morgan fingerprint density at radius 3 is 2.82 bits per heavy atom. The number of nitrogens with one attached hydrogen (secondary N) is 1. The lowest BCUT2D eigenvalue weighted by molar-refractivity contribution is -0.120. The fourth-order valence-corrected chi connectivity index (χ4v) is 1.43. The highest BCUT2D eigenvalue weighted by Gasteiger charge is 2.16. The molecule has 3 nitrogen and oxygen atoms in total. The summed E-state index contributed by atoms with van der Waals surface area (Å²) >= 11 is 0. The van der Waals surface area contributed by atoms with Crippen LogP contribution in [0.2, 0.25) is 0 Å². The largest absolute Gasteiger partial charge is 0.356 e. The van der Waals surface area contributed by atoms with Gasteiger partial charge in [-0.1, -0.05) is 0 Å². The summed E-state index contributed by atoms with van der Waals surface area (Å²) in [5.74, 6) is 0.203. The zero-order valence-electron chi connectivity index (χ0n) is 7.26. The van der Waals surface area contributed by atoms with Crippen LogP contribution in [0.25, 0.3) is 0 Å². The summed E-state index contributed by atoms with van der Waals surface area (Å²) in [6, 6.07) is 0.578. The average molecular weight is 156 g/mol. The SMILES string of the molecule is CN(C)C1CCNC(=O)CC1. The Morgan fingerprint density at radius 1 is 1.45 bits per heavy atom. The molecule has 0 radical (unpaired) electrons. The molecule has 0 aliphatic carbocycles. The van der Waals surface area contributed by atoms with E-state index < -0.39 is 0 Å². The average Bonchev–Trinajstić information content (AvgIpc) is 2.13. The lowest BCUT2D eigenvalue weighted by atomic mass is 10.1. The molecule has 1 fully saturated rings. The number of hydrogen-bond acceptors (Lipinski definition) is 2. The predicted octanol–water partition coefficient (Wildman–Crippen LogP) is 0.217. The van der Waals surface area contributed by atoms with Gasteiger partial charge in [0.25, 0.3) is 0 Å². The van der Waals surface area contributed by atoms with Gasteiger partial charge in [0, 0.05) is 19.0 Å². The molecule has 0 aromatic rings. The van der Waals surface area contributed by atoms with Crippen molar-refractivity contribution in [3.8, 4) is 0 Å². The van der Waals surface area contributed by atoms with Crippen molar-refractivity contribution in [3.05, 3.63) is 0 Å². The van der Waals surface area contributed by atoms with Crippen LogP contribution in [0.15, 0.2) is 0 Å². The second-order valence-electron chi connectivity index (χ2n) is 3.29. The van der Waals surface area contributed by atoms with Crippen LogP contribution in [0.4, 0.5) is 0 Å². The molecule has 0 aromatic carbocycles. The third kappa shape index (κ3) is 2.50. The van der Waals surface area contributed by atoms with Crippen molar-refractivity contribution in [2.45, 2.75) is 25.3 Å².